The zero-order chi connectivity index (χ0) is 18.1. The van der Waals surface area contributed by atoms with Gasteiger partial charge >= 0.3 is 17.9 Å². The predicted octanol–water partition coefficient (Wildman–Crippen LogP) is 2.16. The molecule has 0 aliphatic carbocycles. The van der Waals surface area contributed by atoms with Crippen LogP contribution in [0, 0.1) is 0 Å². The van der Waals surface area contributed by atoms with Crippen LogP contribution in [0.3, 0.4) is 0 Å². The molecule has 0 heterocycles. The number of carbonyl (C=O) groups is 3. The molecule has 0 unspecified atom stereocenters. The van der Waals surface area contributed by atoms with E-state index in [1.807, 2.05) is 19.0 Å². The van der Waals surface area contributed by atoms with Crippen molar-refractivity contribution in [2.24, 2.45) is 0 Å². The van der Waals surface area contributed by atoms with Gasteiger partial charge in [-0.05, 0) is 20.5 Å². The van der Waals surface area contributed by atoms with Gasteiger partial charge in [0.25, 0.3) is 0 Å². The first-order chi connectivity index (χ1) is 10.8. The van der Waals surface area contributed by atoms with Crippen molar-refractivity contribution in [1.29, 1.82) is 0 Å². The van der Waals surface area contributed by atoms with E-state index in [2.05, 4.69) is 6.92 Å². The highest BCUT2D eigenvalue weighted by Crippen LogP contribution is 2.05. The van der Waals surface area contributed by atoms with Gasteiger partial charge < -0.3 is 19.8 Å². The number of nitrogens with zero attached hydrogens (tertiary/aromatic N) is 1. The third-order valence-electron chi connectivity index (χ3n) is 2.65. The molecule has 0 saturated carbocycles. The molecule has 23 heavy (non-hydrogen) atoms. The van der Waals surface area contributed by atoms with E-state index in [0.29, 0.717) is 25.2 Å². The fraction of sp³-hybridized carbons (Fsp3) is 0.688. The van der Waals surface area contributed by atoms with Gasteiger partial charge in [0.05, 0.1) is 0 Å². The van der Waals surface area contributed by atoms with Crippen LogP contribution < -0.4 is 0 Å². The number of unbranched alkanes of at least 4 members (excludes halogenated alkanes) is 4. The van der Waals surface area contributed by atoms with Crippen molar-refractivity contribution >= 4 is 17.9 Å². The van der Waals surface area contributed by atoms with Crippen LogP contribution in [-0.2, 0) is 19.1 Å². The number of likely N-dealkylation sites (N-methyl/N-ethyl adjacent to an activating group) is 1. The molecule has 0 fully saturated rings. The minimum Gasteiger partial charge on any atom is -0.478 e. The zero-order valence-corrected chi connectivity index (χ0v) is 14.3. The molecule has 0 aromatic carbocycles. The molecule has 7 heteroatoms. The summed E-state index contributed by atoms with van der Waals surface area (Å²) in [7, 11) is 3.94. The summed E-state index contributed by atoms with van der Waals surface area (Å²) in [4.78, 5) is 32.3. The molecule has 0 aliphatic rings. The van der Waals surface area contributed by atoms with Crippen LogP contribution in [0.15, 0.2) is 12.2 Å². The van der Waals surface area contributed by atoms with Gasteiger partial charge in [-0.2, -0.15) is 0 Å². The Morgan fingerprint density at radius 1 is 0.957 bits per heavy atom. The monoisotopic (exact) mass is 331 g/mol. The first-order valence-electron chi connectivity index (χ1n) is 7.73. The van der Waals surface area contributed by atoms with Crippen molar-refractivity contribution in [1.82, 2.24) is 4.90 Å². The highest BCUT2D eigenvalue weighted by atomic mass is 16.5. The highest BCUT2D eigenvalue weighted by molar-refractivity contribution is 5.89. The van der Waals surface area contributed by atoms with E-state index in [9.17, 15) is 14.4 Å². The molecular weight excluding hydrogens is 302 g/mol. The van der Waals surface area contributed by atoms with Crippen molar-refractivity contribution < 1.29 is 29.3 Å². The highest BCUT2D eigenvalue weighted by Gasteiger charge is 2.02. The van der Waals surface area contributed by atoms with E-state index in [4.69, 9.17) is 14.9 Å². The molecule has 0 amide bonds. The lowest BCUT2D eigenvalue weighted by Gasteiger charge is -2.09. The molecule has 2 N–H and O–H groups in total. The second-order valence-electron chi connectivity index (χ2n) is 5.20. The zero-order valence-electron chi connectivity index (χ0n) is 14.3. The maximum atomic E-state index is 11.2. The molecule has 0 aliphatic heterocycles. The van der Waals surface area contributed by atoms with Crippen molar-refractivity contribution in [3.63, 3.8) is 0 Å². The van der Waals surface area contributed by atoms with Crippen LogP contribution in [0.1, 0.15) is 45.4 Å². The summed E-state index contributed by atoms with van der Waals surface area (Å²) in [6.45, 7) is 3.51. The molecule has 0 bridgehead atoms. The molecule has 134 valence electrons. The van der Waals surface area contributed by atoms with Crippen LogP contribution in [0.4, 0.5) is 0 Å². The third-order valence-corrected chi connectivity index (χ3v) is 2.65. The number of rotatable bonds is 11. The van der Waals surface area contributed by atoms with Crippen LogP contribution >= 0.6 is 0 Å². The van der Waals surface area contributed by atoms with Crippen molar-refractivity contribution in [2.45, 2.75) is 45.4 Å². The summed E-state index contributed by atoms with van der Waals surface area (Å²) in [6.07, 6.45) is 7.57. The Bertz CT molecular complexity index is 350. The topological polar surface area (TPSA) is 104 Å². The SMILES string of the molecule is CCCCCCCC(=O)OCCN(C)C.O=C(O)/C=C\C(=O)O. The van der Waals surface area contributed by atoms with E-state index in [-0.39, 0.29) is 5.97 Å². The van der Waals surface area contributed by atoms with Gasteiger partial charge in [0, 0.05) is 25.1 Å². The maximum Gasteiger partial charge on any atom is 0.328 e. The minimum atomic E-state index is -1.26. The second-order valence-corrected chi connectivity index (χ2v) is 5.20. The number of carboxylic acid groups (broad SMARTS) is 2. The molecular formula is C16H29NO6. The second kappa shape index (κ2) is 16.5. The Morgan fingerprint density at radius 3 is 1.91 bits per heavy atom. The average molecular weight is 331 g/mol. The van der Waals surface area contributed by atoms with E-state index in [0.717, 1.165) is 19.4 Å². The number of hydrogen-bond donors (Lipinski definition) is 2. The Morgan fingerprint density at radius 2 is 1.48 bits per heavy atom. The fourth-order valence-electron chi connectivity index (χ4n) is 1.43. The van der Waals surface area contributed by atoms with E-state index < -0.39 is 11.9 Å². The summed E-state index contributed by atoms with van der Waals surface area (Å²) in [6, 6.07) is 0. The van der Waals surface area contributed by atoms with Crippen LogP contribution in [-0.4, -0.2) is 60.3 Å². The van der Waals surface area contributed by atoms with E-state index >= 15 is 0 Å². The van der Waals surface area contributed by atoms with Gasteiger partial charge in [0.15, 0.2) is 0 Å². The van der Waals surface area contributed by atoms with E-state index in [1.165, 1.54) is 19.3 Å². The minimum absolute atomic E-state index is 0.0478. The number of carbonyl (C=O) groups excluding carboxylic acids is 1. The quantitative estimate of drug-likeness (QED) is 0.339. The number of hydrogen-bond acceptors (Lipinski definition) is 5. The fourth-order valence-corrected chi connectivity index (χ4v) is 1.43. The van der Waals surface area contributed by atoms with Gasteiger partial charge in [-0.3, -0.25) is 4.79 Å². The maximum absolute atomic E-state index is 11.2. The first kappa shape index (κ1) is 23.4. The molecule has 0 spiro atoms. The molecule has 7 nitrogen and oxygen atoms in total. The van der Waals surface area contributed by atoms with Crippen LogP contribution in [0.5, 0.6) is 0 Å². The van der Waals surface area contributed by atoms with Gasteiger partial charge in [-0.25, -0.2) is 9.59 Å². The normalized spacial score (nSPS) is 10.3. The summed E-state index contributed by atoms with van der Waals surface area (Å²) in [5, 5.41) is 15.6. The van der Waals surface area contributed by atoms with Gasteiger partial charge in [0.1, 0.15) is 6.61 Å². The molecule has 0 saturated heterocycles. The number of esters is 1. The first-order valence-corrected chi connectivity index (χ1v) is 7.73. The van der Waals surface area contributed by atoms with Crippen molar-refractivity contribution in [3.05, 3.63) is 12.2 Å². The van der Waals surface area contributed by atoms with Gasteiger partial charge in [-0.1, -0.05) is 32.6 Å². The lowest BCUT2D eigenvalue weighted by atomic mass is 10.1. The number of ether oxygens (including phenoxy) is 1. The molecule has 0 aromatic heterocycles. The Hall–Kier alpha value is -1.89. The Balaban J connectivity index is 0. The third kappa shape index (κ3) is 25.4. The average Bonchev–Trinajstić information content (AvgIpc) is 2.45. The molecule has 0 aromatic rings. The predicted molar refractivity (Wildman–Crippen MR) is 87.3 cm³/mol. The van der Waals surface area contributed by atoms with Gasteiger partial charge in [0.2, 0.25) is 0 Å². The lowest BCUT2D eigenvalue weighted by molar-refractivity contribution is -0.144. The molecule has 0 radical (unpaired) electrons. The standard InChI is InChI=1S/C12H25NO2.C4H4O4/c1-4-5-6-7-8-9-12(14)15-11-10-13(2)3;5-3(6)1-2-4(7)8/h4-11H2,1-3H3;1-2H,(H,5,6)(H,7,8)/b;2-1-. The van der Waals surface area contributed by atoms with Crippen molar-refractivity contribution in [3.8, 4) is 0 Å². The summed E-state index contributed by atoms with van der Waals surface area (Å²) in [5.74, 6) is -2.56. The van der Waals surface area contributed by atoms with E-state index in [1.54, 1.807) is 0 Å². The summed E-state index contributed by atoms with van der Waals surface area (Å²) >= 11 is 0. The lowest BCUT2D eigenvalue weighted by Crippen LogP contribution is -2.20. The smallest absolute Gasteiger partial charge is 0.328 e. The van der Waals surface area contributed by atoms with Crippen LogP contribution in [0.2, 0.25) is 0 Å². The number of carboxylic acids is 2. The Labute approximate surface area is 137 Å². The molecule has 0 atom stereocenters. The number of aliphatic carboxylic acids is 2. The van der Waals surface area contributed by atoms with Gasteiger partial charge in [-0.15, -0.1) is 0 Å². The summed E-state index contributed by atoms with van der Waals surface area (Å²) < 4.78 is 5.08. The largest absolute Gasteiger partial charge is 0.478 e. The van der Waals surface area contributed by atoms with Crippen molar-refractivity contribution in [2.75, 3.05) is 27.2 Å². The van der Waals surface area contributed by atoms with Crippen LogP contribution in [0.25, 0.3) is 0 Å². The Kier molecular flexibility index (Phi) is 16.8. The summed E-state index contributed by atoms with van der Waals surface area (Å²) in [5.41, 5.74) is 0. The molecule has 0 rings (SSSR count).